The van der Waals surface area contributed by atoms with E-state index in [9.17, 15) is 24.0 Å². The molecule has 0 aliphatic heterocycles. The number of carbonyl (C=O) groups excluding carboxylic acids is 2. The Hall–Kier alpha value is -2.73. The van der Waals surface area contributed by atoms with Gasteiger partial charge in [-0.3, -0.25) is 19.2 Å². The van der Waals surface area contributed by atoms with Crippen molar-refractivity contribution in [2.75, 3.05) is 6.54 Å². The monoisotopic (exact) mass is 404 g/mol. The van der Waals surface area contributed by atoms with E-state index in [1.54, 1.807) is 0 Å². The van der Waals surface area contributed by atoms with Crippen molar-refractivity contribution in [2.45, 2.75) is 63.1 Å². The largest absolute Gasteiger partial charge is 0.481 e. The minimum atomic E-state index is -1.43. The Morgan fingerprint density at radius 3 is 1.79 bits per heavy atom. The van der Waals surface area contributed by atoms with E-state index in [4.69, 9.17) is 26.8 Å². The number of hydrogen-bond acceptors (Lipinski definition) is 7. The van der Waals surface area contributed by atoms with Crippen LogP contribution < -0.4 is 22.1 Å². The molecule has 28 heavy (non-hydrogen) atoms. The SMILES string of the molecule is NCCCC[C@H](NC(=O)[C@@H](N)CCC(=O)O)C(=O)N[C@@H](CCC(=O)O)C(=O)O. The van der Waals surface area contributed by atoms with Crippen LogP contribution in [0.1, 0.15) is 44.9 Å². The molecule has 0 radical (unpaired) electrons. The molecule has 0 fully saturated rings. The summed E-state index contributed by atoms with van der Waals surface area (Å²) in [5, 5.41) is 31.0. The first-order chi connectivity index (χ1) is 13.1. The number of aliphatic carboxylic acids is 3. The van der Waals surface area contributed by atoms with Crippen molar-refractivity contribution in [3.63, 3.8) is 0 Å². The van der Waals surface area contributed by atoms with Crippen LogP contribution in [-0.2, 0) is 24.0 Å². The third kappa shape index (κ3) is 11.1. The Balaban J connectivity index is 5.00. The molecule has 160 valence electrons. The first kappa shape index (κ1) is 25.3. The summed E-state index contributed by atoms with van der Waals surface area (Å²) in [5.74, 6) is -5.28. The first-order valence-corrected chi connectivity index (χ1v) is 8.81. The van der Waals surface area contributed by atoms with Gasteiger partial charge in [0.1, 0.15) is 12.1 Å². The Bertz CT molecular complexity index is 569. The highest BCUT2D eigenvalue weighted by Gasteiger charge is 2.28. The number of amides is 2. The molecular weight excluding hydrogens is 376 g/mol. The number of carboxylic acid groups (broad SMARTS) is 3. The van der Waals surface area contributed by atoms with Crippen LogP contribution in [0, 0.1) is 0 Å². The number of carboxylic acids is 3. The van der Waals surface area contributed by atoms with E-state index in [0.29, 0.717) is 19.4 Å². The maximum absolute atomic E-state index is 12.4. The minimum Gasteiger partial charge on any atom is -0.481 e. The van der Waals surface area contributed by atoms with Crippen molar-refractivity contribution in [2.24, 2.45) is 11.5 Å². The predicted octanol–water partition coefficient (Wildman–Crippen LogP) is -1.77. The zero-order chi connectivity index (χ0) is 21.7. The van der Waals surface area contributed by atoms with Crippen molar-refractivity contribution in [3.8, 4) is 0 Å². The molecule has 0 spiro atoms. The Morgan fingerprint density at radius 1 is 0.750 bits per heavy atom. The average molecular weight is 404 g/mol. The third-order valence-electron chi connectivity index (χ3n) is 3.85. The maximum Gasteiger partial charge on any atom is 0.326 e. The lowest BCUT2D eigenvalue weighted by Gasteiger charge is -2.22. The molecule has 0 rings (SSSR count). The molecule has 0 aromatic carbocycles. The topological polar surface area (TPSA) is 222 Å². The number of rotatable bonds is 15. The molecule has 0 bridgehead atoms. The fourth-order valence-corrected chi connectivity index (χ4v) is 2.25. The fourth-order valence-electron chi connectivity index (χ4n) is 2.25. The van der Waals surface area contributed by atoms with Crippen LogP contribution in [0.5, 0.6) is 0 Å². The van der Waals surface area contributed by atoms with E-state index in [0.717, 1.165) is 0 Å². The van der Waals surface area contributed by atoms with Gasteiger partial charge in [-0.1, -0.05) is 0 Å². The summed E-state index contributed by atoms with van der Waals surface area (Å²) in [6.45, 7) is 0.358. The number of unbranched alkanes of at least 4 members (excludes halogenated alkanes) is 1. The summed E-state index contributed by atoms with van der Waals surface area (Å²) in [4.78, 5) is 56.9. The molecule has 2 amide bonds. The molecule has 0 aromatic rings. The normalized spacial score (nSPS) is 13.8. The van der Waals surface area contributed by atoms with Crippen molar-refractivity contribution in [3.05, 3.63) is 0 Å². The second-order valence-corrected chi connectivity index (χ2v) is 6.22. The Kier molecular flexibility index (Phi) is 12.1. The van der Waals surface area contributed by atoms with Gasteiger partial charge in [-0.15, -0.1) is 0 Å². The van der Waals surface area contributed by atoms with Crippen molar-refractivity contribution in [1.82, 2.24) is 10.6 Å². The van der Waals surface area contributed by atoms with Gasteiger partial charge in [0.15, 0.2) is 0 Å². The second kappa shape index (κ2) is 13.4. The number of nitrogens with one attached hydrogen (secondary N) is 2. The molecule has 9 N–H and O–H groups in total. The summed E-state index contributed by atoms with van der Waals surface area (Å²) in [5.41, 5.74) is 11.0. The number of nitrogens with two attached hydrogens (primary N) is 2. The molecule has 12 heteroatoms. The number of hydrogen-bond donors (Lipinski definition) is 7. The zero-order valence-electron chi connectivity index (χ0n) is 15.4. The van der Waals surface area contributed by atoms with Gasteiger partial charge in [-0.25, -0.2) is 4.79 Å². The number of carbonyl (C=O) groups is 5. The van der Waals surface area contributed by atoms with Gasteiger partial charge >= 0.3 is 17.9 Å². The standard InChI is InChI=1S/C16H28N4O8/c17-8-2-1-3-10(19-14(25)9(18)4-6-12(21)22)15(26)20-11(16(27)28)5-7-13(23)24/h9-11H,1-8,17-18H2,(H,19,25)(H,20,26)(H,21,22)(H,23,24)(H,27,28)/t9-,10-,11-/m0/s1. The summed E-state index contributed by atoms with van der Waals surface area (Å²) < 4.78 is 0. The summed E-state index contributed by atoms with van der Waals surface area (Å²) >= 11 is 0. The molecule has 0 aliphatic carbocycles. The maximum atomic E-state index is 12.4. The molecule has 12 nitrogen and oxygen atoms in total. The molecule has 3 atom stereocenters. The minimum absolute atomic E-state index is 0.130. The summed E-state index contributed by atoms with van der Waals surface area (Å²) in [6, 6.07) is -3.69. The van der Waals surface area contributed by atoms with Crippen molar-refractivity contribution < 1.29 is 39.3 Å². The van der Waals surface area contributed by atoms with Gasteiger partial charge in [-0.2, -0.15) is 0 Å². The molecule has 0 unspecified atom stereocenters. The van der Waals surface area contributed by atoms with Crippen LogP contribution in [0.2, 0.25) is 0 Å². The van der Waals surface area contributed by atoms with Crippen molar-refractivity contribution in [1.29, 1.82) is 0 Å². The smallest absolute Gasteiger partial charge is 0.326 e. The molecule has 0 aliphatic rings. The van der Waals surface area contributed by atoms with Crippen LogP contribution in [0.25, 0.3) is 0 Å². The van der Waals surface area contributed by atoms with Crippen LogP contribution in [-0.4, -0.2) is 69.7 Å². The van der Waals surface area contributed by atoms with Crippen LogP contribution in [0.3, 0.4) is 0 Å². The Labute approximate surface area is 161 Å². The van der Waals surface area contributed by atoms with Gasteiger partial charge in [0.05, 0.1) is 6.04 Å². The van der Waals surface area contributed by atoms with Crippen LogP contribution >= 0.6 is 0 Å². The van der Waals surface area contributed by atoms with E-state index >= 15 is 0 Å². The van der Waals surface area contributed by atoms with E-state index in [2.05, 4.69) is 10.6 Å². The van der Waals surface area contributed by atoms with Gasteiger partial charge in [0.2, 0.25) is 11.8 Å². The van der Waals surface area contributed by atoms with Gasteiger partial charge in [-0.05, 0) is 38.6 Å². The highest BCUT2D eigenvalue weighted by molar-refractivity contribution is 5.92. The Morgan fingerprint density at radius 2 is 1.29 bits per heavy atom. The van der Waals surface area contributed by atoms with E-state index < -0.39 is 54.3 Å². The van der Waals surface area contributed by atoms with Crippen LogP contribution in [0.15, 0.2) is 0 Å². The van der Waals surface area contributed by atoms with Gasteiger partial charge in [0.25, 0.3) is 0 Å². The van der Waals surface area contributed by atoms with E-state index in [-0.39, 0.29) is 25.7 Å². The highest BCUT2D eigenvalue weighted by Crippen LogP contribution is 2.05. The van der Waals surface area contributed by atoms with Crippen LogP contribution in [0.4, 0.5) is 0 Å². The summed E-state index contributed by atoms with van der Waals surface area (Å²) in [7, 11) is 0. The van der Waals surface area contributed by atoms with E-state index in [1.165, 1.54) is 0 Å². The lowest BCUT2D eigenvalue weighted by atomic mass is 10.1. The van der Waals surface area contributed by atoms with E-state index in [1.807, 2.05) is 0 Å². The molecule has 0 heterocycles. The fraction of sp³-hybridized carbons (Fsp3) is 0.688. The third-order valence-corrected chi connectivity index (χ3v) is 3.85. The zero-order valence-corrected chi connectivity index (χ0v) is 15.4. The molecule has 0 saturated heterocycles. The lowest BCUT2D eigenvalue weighted by molar-refractivity contribution is -0.143. The predicted molar refractivity (Wildman–Crippen MR) is 96.1 cm³/mol. The summed E-state index contributed by atoms with van der Waals surface area (Å²) in [6.07, 6.45) is -0.0487. The average Bonchev–Trinajstić information content (AvgIpc) is 2.61. The molecular formula is C16H28N4O8. The van der Waals surface area contributed by atoms with Gasteiger partial charge in [0, 0.05) is 12.8 Å². The lowest BCUT2D eigenvalue weighted by Crippen LogP contribution is -2.54. The first-order valence-electron chi connectivity index (χ1n) is 8.81. The second-order valence-electron chi connectivity index (χ2n) is 6.22. The molecule has 0 aromatic heterocycles. The van der Waals surface area contributed by atoms with Crippen molar-refractivity contribution >= 4 is 29.7 Å². The van der Waals surface area contributed by atoms with Gasteiger partial charge < -0.3 is 37.4 Å². The quantitative estimate of drug-likeness (QED) is 0.152. The molecule has 0 saturated carbocycles. The highest BCUT2D eigenvalue weighted by atomic mass is 16.4.